The molecule has 0 unspecified atom stereocenters. The lowest BCUT2D eigenvalue weighted by Crippen LogP contribution is -1.94. The summed E-state index contributed by atoms with van der Waals surface area (Å²) in [6.45, 7) is 6.05. The van der Waals surface area contributed by atoms with E-state index in [2.05, 4.69) is 22.6 Å². The molecule has 0 saturated carbocycles. The molecule has 4 aromatic rings. The van der Waals surface area contributed by atoms with Crippen LogP contribution in [0.2, 0.25) is 0 Å². The topological polar surface area (TPSA) is 28.7 Å². The maximum atomic E-state index is 14.4. The van der Waals surface area contributed by atoms with Gasteiger partial charge in [0, 0.05) is 34.5 Å². The fraction of sp³-hybridized carbons (Fsp3) is 0.0455. The van der Waals surface area contributed by atoms with Crippen molar-refractivity contribution in [2.45, 2.75) is 6.92 Å². The van der Waals surface area contributed by atoms with Crippen LogP contribution in [0, 0.1) is 12.7 Å². The Labute approximate surface area is 145 Å². The molecule has 4 rings (SSSR count). The summed E-state index contributed by atoms with van der Waals surface area (Å²) in [6, 6.07) is 17.2. The minimum atomic E-state index is -0.258. The van der Waals surface area contributed by atoms with Gasteiger partial charge in [0.25, 0.3) is 0 Å². The molecule has 3 heteroatoms. The van der Waals surface area contributed by atoms with Crippen LogP contribution in [0.15, 0.2) is 73.6 Å². The molecule has 0 atom stereocenters. The van der Waals surface area contributed by atoms with Gasteiger partial charge in [0.1, 0.15) is 11.5 Å². The smallest absolute Gasteiger partial charge is 0.137 e. The first-order valence-electron chi connectivity index (χ1n) is 8.12. The van der Waals surface area contributed by atoms with Crippen LogP contribution in [0.4, 0.5) is 4.39 Å². The zero-order valence-corrected chi connectivity index (χ0v) is 13.9. The summed E-state index contributed by atoms with van der Waals surface area (Å²) in [5.41, 5.74) is 5.83. The van der Waals surface area contributed by atoms with Crippen LogP contribution in [0.1, 0.15) is 16.7 Å². The Hall–Kier alpha value is -3.20. The van der Waals surface area contributed by atoms with Crippen LogP contribution >= 0.6 is 0 Å². The van der Waals surface area contributed by atoms with Crippen LogP contribution < -0.4 is 0 Å². The van der Waals surface area contributed by atoms with Gasteiger partial charge in [-0.15, -0.1) is 0 Å². The van der Waals surface area contributed by atoms with Gasteiger partial charge in [-0.2, -0.15) is 0 Å². The van der Waals surface area contributed by atoms with Crippen LogP contribution in [-0.2, 0) is 0 Å². The highest BCUT2D eigenvalue weighted by atomic mass is 19.1. The van der Waals surface area contributed by atoms with Crippen molar-refractivity contribution < 1.29 is 4.39 Å². The third-order valence-corrected chi connectivity index (χ3v) is 4.49. The zero-order chi connectivity index (χ0) is 17.4. The maximum absolute atomic E-state index is 14.4. The summed E-state index contributed by atoms with van der Waals surface area (Å²) in [5.74, 6) is -0.258. The van der Waals surface area contributed by atoms with Gasteiger partial charge in [0.2, 0.25) is 0 Å². The molecule has 2 aromatic heterocycles. The van der Waals surface area contributed by atoms with Crippen molar-refractivity contribution in [2.24, 2.45) is 0 Å². The van der Waals surface area contributed by atoms with Crippen LogP contribution in [0.3, 0.4) is 0 Å². The molecule has 0 radical (unpaired) electrons. The SMILES string of the molecule is C=C(c1c(C)cccc1F)c1c[nH]c2ncc(-c3ccccc3)cc12. The first-order chi connectivity index (χ1) is 12.1. The van der Waals surface area contributed by atoms with Crippen LogP contribution in [0.25, 0.3) is 27.7 Å². The Morgan fingerprint density at radius 3 is 2.60 bits per heavy atom. The lowest BCUT2D eigenvalue weighted by atomic mass is 9.94. The van der Waals surface area contributed by atoms with E-state index in [-0.39, 0.29) is 5.82 Å². The number of aryl methyl sites for hydroxylation is 1. The predicted molar refractivity (Wildman–Crippen MR) is 101 cm³/mol. The molecule has 0 aliphatic heterocycles. The second kappa shape index (κ2) is 6.02. The van der Waals surface area contributed by atoms with Crippen molar-refractivity contribution in [1.82, 2.24) is 9.97 Å². The van der Waals surface area contributed by atoms with Gasteiger partial charge in [-0.05, 0) is 35.8 Å². The lowest BCUT2D eigenvalue weighted by molar-refractivity contribution is 0.623. The van der Waals surface area contributed by atoms with E-state index < -0.39 is 0 Å². The fourth-order valence-electron chi connectivity index (χ4n) is 3.19. The molecule has 2 heterocycles. The number of aromatic amines is 1. The molecule has 0 fully saturated rings. The third-order valence-electron chi connectivity index (χ3n) is 4.49. The first-order valence-corrected chi connectivity index (χ1v) is 8.12. The molecule has 1 N–H and O–H groups in total. The number of hydrogen-bond donors (Lipinski definition) is 1. The molecule has 0 spiro atoms. The van der Waals surface area contributed by atoms with Gasteiger partial charge < -0.3 is 4.98 Å². The highest BCUT2D eigenvalue weighted by Crippen LogP contribution is 2.33. The molecule has 25 heavy (non-hydrogen) atoms. The number of nitrogens with one attached hydrogen (secondary N) is 1. The third kappa shape index (κ3) is 2.64. The Balaban J connectivity index is 1.87. The second-order valence-corrected chi connectivity index (χ2v) is 6.10. The Kier molecular flexibility index (Phi) is 3.69. The van der Waals surface area contributed by atoms with Crippen LogP contribution in [0.5, 0.6) is 0 Å². The molecule has 122 valence electrons. The molecule has 0 saturated heterocycles. The van der Waals surface area contributed by atoms with Gasteiger partial charge in [0.05, 0.1) is 0 Å². The van der Waals surface area contributed by atoms with Crippen molar-refractivity contribution in [3.05, 3.63) is 96.1 Å². The Morgan fingerprint density at radius 2 is 1.84 bits per heavy atom. The maximum Gasteiger partial charge on any atom is 0.137 e. The number of aromatic nitrogens is 2. The number of halogens is 1. The number of rotatable bonds is 3. The number of nitrogens with zero attached hydrogens (tertiary/aromatic N) is 1. The molecule has 0 aliphatic rings. The van der Waals surface area contributed by atoms with E-state index in [0.29, 0.717) is 11.1 Å². The van der Waals surface area contributed by atoms with Gasteiger partial charge in [0.15, 0.2) is 0 Å². The molecule has 2 aromatic carbocycles. The average molecular weight is 328 g/mol. The fourth-order valence-corrected chi connectivity index (χ4v) is 3.19. The number of fused-ring (bicyclic) bond motifs is 1. The van der Waals surface area contributed by atoms with E-state index in [1.54, 1.807) is 6.07 Å². The summed E-state index contributed by atoms with van der Waals surface area (Å²) < 4.78 is 14.4. The second-order valence-electron chi connectivity index (χ2n) is 6.10. The molecular weight excluding hydrogens is 311 g/mol. The van der Waals surface area contributed by atoms with Gasteiger partial charge in [-0.1, -0.05) is 49.0 Å². The monoisotopic (exact) mass is 328 g/mol. The Bertz CT molecular complexity index is 1060. The van der Waals surface area contributed by atoms with Gasteiger partial charge >= 0.3 is 0 Å². The van der Waals surface area contributed by atoms with Crippen molar-refractivity contribution in [3.63, 3.8) is 0 Å². The summed E-state index contributed by atoms with van der Waals surface area (Å²) in [5, 5.41) is 0.939. The molecular formula is C22H17FN2. The molecule has 2 nitrogen and oxygen atoms in total. The van der Waals surface area contributed by atoms with E-state index in [1.165, 1.54) is 6.07 Å². The first kappa shape index (κ1) is 15.3. The quantitative estimate of drug-likeness (QED) is 0.510. The summed E-state index contributed by atoms with van der Waals surface area (Å²) in [6.07, 6.45) is 3.69. The number of pyridine rings is 1. The highest BCUT2D eigenvalue weighted by Gasteiger charge is 2.15. The van der Waals surface area contributed by atoms with E-state index >= 15 is 0 Å². The minimum absolute atomic E-state index is 0.258. The van der Waals surface area contributed by atoms with E-state index in [4.69, 9.17) is 0 Å². The number of benzene rings is 2. The lowest BCUT2D eigenvalue weighted by Gasteiger charge is -2.10. The average Bonchev–Trinajstić information content (AvgIpc) is 3.05. The van der Waals surface area contributed by atoms with Gasteiger partial charge in [-0.25, -0.2) is 9.37 Å². The summed E-state index contributed by atoms with van der Waals surface area (Å²) in [7, 11) is 0. The van der Waals surface area contributed by atoms with Crippen molar-refractivity contribution in [2.75, 3.05) is 0 Å². The zero-order valence-electron chi connectivity index (χ0n) is 13.9. The van der Waals surface area contributed by atoms with Crippen molar-refractivity contribution >= 4 is 16.6 Å². The van der Waals surface area contributed by atoms with Gasteiger partial charge in [-0.3, -0.25) is 0 Å². The minimum Gasteiger partial charge on any atom is -0.346 e. The number of H-pyrrole nitrogens is 1. The Morgan fingerprint density at radius 1 is 1.04 bits per heavy atom. The summed E-state index contributed by atoms with van der Waals surface area (Å²) in [4.78, 5) is 7.67. The van der Waals surface area contributed by atoms with E-state index in [0.717, 1.165) is 33.3 Å². The highest BCUT2D eigenvalue weighted by molar-refractivity contribution is 5.97. The van der Waals surface area contributed by atoms with Crippen LogP contribution in [-0.4, -0.2) is 9.97 Å². The standard InChI is InChI=1S/C22H17FN2/c1-14-7-6-10-20(23)21(14)15(2)19-13-25-22-18(19)11-17(12-24-22)16-8-4-3-5-9-16/h3-13H,2H2,1H3,(H,24,25). The van der Waals surface area contributed by atoms with Crippen molar-refractivity contribution in [3.8, 4) is 11.1 Å². The molecule has 0 bridgehead atoms. The summed E-state index contributed by atoms with van der Waals surface area (Å²) >= 11 is 0. The largest absolute Gasteiger partial charge is 0.346 e. The normalized spacial score (nSPS) is 11.0. The predicted octanol–water partition coefficient (Wildman–Crippen LogP) is 5.74. The molecule has 0 aliphatic carbocycles. The van der Waals surface area contributed by atoms with E-state index in [1.807, 2.05) is 55.7 Å². The van der Waals surface area contributed by atoms with E-state index in [9.17, 15) is 4.39 Å². The van der Waals surface area contributed by atoms with Crippen molar-refractivity contribution in [1.29, 1.82) is 0 Å². The number of hydrogen-bond acceptors (Lipinski definition) is 1. The molecule has 0 amide bonds.